The molecular formula is C17H16N2O2. The highest BCUT2D eigenvalue weighted by atomic mass is 16.3. The summed E-state index contributed by atoms with van der Waals surface area (Å²) in [4.78, 5) is 15.4. The lowest BCUT2D eigenvalue weighted by molar-refractivity contribution is 0.0916. The van der Waals surface area contributed by atoms with Gasteiger partial charge in [0, 0.05) is 22.7 Å². The summed E-state index contributed by atoms with van der Waals surface area (Å²) in [5, 5.41) is 13.3. The Hall–Kier alpha value is -2.59. The van der Waals surface area contributed by atoms with Gasteiger partial charge in [-0.2, -0.15) is 0 Å². The van der Waals surface area contributed by atoms with Crippen LogP contribution >= 0.6 is 0 Å². The largest absolute Gasteiger partial charge is 0.394 e. The summed E-state index contributed by atoms with van der Waals surface area (Å²) < 4.78 is 0. The lowest BCUT2D eigenvalue weighted by atomic mass is 10.1. The summed E-state index contributed by atoms with van der Waals surface area (Å²) in [7, 11) is 0. The summed E-state index contributed by atoms with van der Waals surface area (Å²) in [6, 6.07) is 16.4. The summed E-state index contributed by atoms with van der Waals surface area (Å²) in [6.45, 7) is -0.137. The van der Waals surface area contributed by atoms with Crippen LogP contribution in [0.4, 0.5) is 0 Å². The molecule has 0 spiro atoms. The van der Waals surface area contributed by atoms with E-state index in [1.807, 2.05) is 54.7 Å². The minimum absolute atomic E-state index is 0.137. The van der Waals surface area contributed by atoms with E-state index in [0.29, 0.717) is 5.56 Å². The molecule has 0 saturated heterocycles. The van der Waals surface area contributed by atoms with E-state index in [1.54, 1.807) is 6.07 Å². The Morgan fingerprint density at radius 1 is 1.14 bits per heavy atom. The van der Waals surface area contributed by atoms with E-state index in [0.717, 1.165) is 16.5 Å². The predicted octanol–water partition coefficient (Wildman–Crippen LogP) is 2.63. The zero-order valence-corrected chi connectivity index (χ0v) is 11.4. The molecule has 0 aliphatic heterocycles. The molecule has 0 bridgehead atoms. The molecule has 0 saturated carbocycles. The topological polar surface area (TPSA) is 65.1 Å². The molecule has 4 nitrogen and oxygen atoms in total. The van der Waals surface area contributed by atoms with E-state index in [9.17, 15) is 9.90 Å². The van der Waals surface area contributed by atoms with Crippen LogP contribution in [-0.4, -0.2) is 22.6 Å². The number of nitrogens with one attached hydrogen (secondary N) is 2. The minimum atomic E-state index is -0.402. The normalized spacial score (nSPS) is 12.2. The van der Waals surface area contributed by atoms with Crippen molar-refractivity contribution in [1.29, 1.82) is 0 Å². The first-order valence-corrected chi connectivity index (χ1v) is 6.82. The van der Waals surface area contributed by atoms with E-state index in [2.05, 4.69) is 10.3 Å². The van der Waals surface area contributed by atoms with Gasteiger partial charge in [-0.1, -0.05) is 30.3 Å². The van der Waals surface area contributed by atoms with Crippen LogP contribution < -0.4 is 5.32 Å². The van der Waals surface area contributed by atoms with Crippen LogP contribution in [0.25, 0.3) is 10.9 Å². The molecule has 21 heavy (non-hydrogen) atoms. The number of carbonyl (C=O) groups excluding carboxylic acids is 1. The molecule has 1 aromatic heterocycles. The maximum atomic E-state index is 12.3. The smallest absolute Gasteiger partial charge is 0.251 e. The highest BCUT2D eigenvalue weighted by molar-refractivity contribution is 5.98. The van der Waals surface area contributed by atoms with Gasteiger partial charge < -0.3 is 15.4 Å². The number of rotatable bonds is 4. The number of aliphatic hydroxyl groups is 1. The molecule has 1 amide bonds. The van der Waals surface area contributed by atoms with E-state index < -0.39 is 6.04 Å². The molecule has 0 fully saturated rings. The summed E-state index contributed by atoms with van der Waals surface area (Å²) in [5.74, 6) is -0.194. The van der Waals surface area contributed by atoms with Gasteiger partial charge in [-0.25, -0.2) is 0 Å². The number of carbonyl (C=O) groups is 1. The standard InChI is InChI=1S/C17H16N2O2/c20-11-16(12-4-2-1-3-5-12)19-17(21)14-6-7-15-13(10-14)8-9-18-15/h1-10,16,18,20H,11H2,(H,19,21). The Balaban J connectivity index is 1.81. The molecule has 1 unspecified atom stereocenters. The van der Waals surface area contributed by atoms with E-state index >= 15 is 0 Å². The summed E-state index contributed by atoms with van der Waals surface area (Å²) in [5.41, 5.74) is 2.46. The van der Waals surface area contributed by atoms with Gasteiger partial charge in [-0.3, -0.25) is 4.79 Å². The van der Waals surface area contributed by atoms with Crippen molar-refractivity contribution in [3.05, 3.63) is 71.9 Å². The SMILES string of the molecule is O=C(NC(CO)c1ccccc1)c1ccc2[nH]ccc2c1. The summed E-state index contributed by atoms with van der Waals surface area (Å²) >= 11 is 0. The average molecular weight is 280 g/mol. The van der Waals surface area contributed by atoms with Crippen molar-refractivity contribution in [2.45, 2.75) is 6.04 Å². The fourth-order valence-corrected chi connectivity index (χ4v) is 2.36. The third kappa shape index (κ3) is 2.80. The Morgan fingerprint density at radius 3 is 2.71 bits per heavy atom. The number of aromatic amines is 1. The molecule has 106 valence electrons. The van der Waals surface area contributed by atoms with Crippen molar-refractivity contribution >= 4 is 16.8 Å². The Morgan fingerprint density at radius 2 is 1.95 bits per heavy atom. The van der Waals surface area contributed by atoms with Crippen LogP contribution in [0.2, 0.25) is 0 Å². The second kappa shape index (κ2) is 5.81. The quantitative estimate of drug-likeness (QED) is 0.688. The van der Waals surface area contributed by atoms with Crippen LogP contribution in [0.5, 0.6) is 0 Å². The van der Waals surface area contributed by atoms with Gasteiger partial charge in [-0.15, -0.1) is 0 Å². The van der Waals surface area contributed by atoms with Gasteiger partial charge in [0.2, 0.25) is 0 Å². The molecule has 0 aliphatic carbocycles. The summed E-state index contributed by atoms with van der Waals surface area (Å²) in [6.07, 6.45) is 1.84. The van der Waals surface area contributed by atoms with E-state index in [-0.39, 0.29) is 12.5 Å². The van der Waals surface area contributed by atoms with Crippen molar-refractivity contribution < 1.29 is 9.90 Å². The number of hydrogen-bond acceptors (Lipinski definition) is 2. The number of amides is 1. The molecule has 1 atom stereocenters. The molecular weight excluding hydrogens is 264 g/mol. The monoisotopic (exact) mass is 280 g/mol. The fourth-order valence-electron chi connectivity index (χ4n) is 2.36. The zero-order valence-electron chi connectivity index (χ0n) is 11.4. The van der Waals surface area contributed by atoms with Crippen molar-refractivity contribution in [2.24, 2.45) is 0 Å². The van der Waals surface area contributed by atoms with Crippen LogP contribution in [0.1, 0.15) is 22.0 Å². The minimum Gasteiger partial charge on any atom is -0.394 e. The highest BCUT2D eigenvalue weighted by Crippen LogP contribution is 2.16. The second-order valence-electron chi connectivity index (χ2n) is 4.90. The number of fused-ring (bicyclic) bond motifs is 1. The fraction of sp³-hybridized carbons (Fsp3) is 0.118. The average Bonchev–Trinajstić information content (AvgIpc) is 3.00. The Labute approximate surface area is 122 Å². The van der Waals surface area contributed by atoms with Crippen molar-refractivity contribution in [3.63, 3.8) is 0 Å². The van der Waals surface area contributed by atoms with E-state index in [1.165, 1.54) is 0 Å². The van der Waals surface area contributed by atoms with Gasteiger partial charge in [0.05, 0.1) is 12.6 Å². The first kappa shape index (κ1) is 13.4. The van der Waals surface area contributed by atoms with Crippen molar-refractivity contribution in [1.82, 2.24) is 10.3 Å². The van der Waals surface area contributed by atoms with Crippen LogP contribution in [0.3, 0.4) is 0 Å². The van der Waals surface area contributed by atoms with Crippen LogP contribution in [-0.2, 0) is 0 Å². The first-order chi connectivity index (χ1) is 10.3. The predicted molar refractivity (Wildman–Crippen MR) is 82.0 cm³/mol. The maximum absolute atomic E-state index is 12.3. The third-order valence-corrected chi connectivity index (χ3v) is 3.51. The molecule has 4 heteroatoms. The molecule has 3 rings (SSSR count). The number of aromatic nitrogens is 1. The second-order valence-corrected chi connectivity index (χ2v) is 4.90. The van der Waals surface area contributed by atoms with Gasteiger partial charge in [0.1, 0.15) is 0 Å². The number of H-pyrrole nitrogens is 1. The van der Waals surface area contributed by atoms with E-state index in [4.69, 9.17) is 0 Å². The van der Waals surface area contributed by atoms with Crippen LogP contribution in [0.15, 0.2) is 60.8 Å². The molecule has 3 N–H and O–H groups in total. The highest BCUT2D eigenvalue weighted by Gasteiger charge is 2.15. The van der Waals surface area contributed by atoms with Gasteiger partial charge in [0.15, 0.2) is 0 Å². The number of hydrogen-bond donors (Lipinski definition) is 3. The van der Waals surface area contributed by atoms with Crippen LogP contribution in [0, 0.1) is 0 Å². The Kier molecular flexibility index (Phi) is 3.71. The third-order valence-electron chi connectivity index (χ3n) is 3.51. The first-order valence-electron chi connectivity index (χ1n) is 6.82. The molecule has 2 aromatic carbocycles. The lowest BCUT2D eigenvalue weighted by Crippen LogP contribution is -2.30. The van der Waals surface area contributed by atoms with Gasteiger partial charge >= 0.3 is 0 Å². The molecule has 1 heterocycles. The maximum Gasteiger partial charge on any atom is 0.251 e. The molecule has 0 aliphatic rings. The van der Waals surface area contributed by atoms with Gasteiger partial charge in [0.25, 0.3) is 5.91 Å². The van der Waals surface area contributed by atoms with Crippen molar-refractivity contribution in [3.8, 4) is 0 Å². The molecule has 3 aromatic rings. The number of aliphatic hydroxyl groups excluding tert-OH is 1. The lowest BCUT2D eigenvalue weighted by Gasteiger charge is -2.16. The Bertz CT molecular complexity index is 750. The zero-order chi connectivity index (χ0) is 14.7. The van der Waals surface area contributed by atoms with Gasteiger partial charge in [-0.05, 0) is 29.8 Å². The van der Waals surface area contributed by atoms with Crippen molar-refractivity contribution in [2.75, 3.05) is 6.61 Å². The number of benzene rings is 2. The molecule has 0 radical (unpaired) electrons.